The Morgan fingerprint density at radius 1 is 1.22 bits per heavy atom. The van der Waals surface area contributed by atoms with Crippen LogP contribution in [0, 0.1) is 5.92 Å². The minimum atomic E-state index is 0.105. The molecule has 1 atom stereocenters. The van der Waals surface area contributed by atoms with E-state index >= 15 is 0 Å². The number of hydrogen-bond acceptors (Lipinski definition) is 4. The number of amides is 2. The highest BCUT2D eigenvalue weighted by Crippen LogP contribution is 2.23. The number of ether oxygens (including phenoxy) is 1. The van der Waals surface area contributed by atoms with Crippen LogP contribution in [0.15, 0.2) is 24.3 Å². The molecule has 2 fully saturated rings. The van der Waals surface area contributed by atoms with E-state index in [2.05, 4.69) is 5.32 Å². The zero-order chi connectivity index (χ0) is 19.1. The maximum absolute atomic E-state index is 12.4. The van der Waals surface area contributed by atoms with Crippen LogP contribution in [-0.4, -0.2) is 54.2 Å². The first kappa shape index (κ1) is 19.7. The Balaban J connectivity index is 1.32. The van der Waals surface area contributed by atoms with Gasteiger partial charge in [-0.1, -0.05) is 12.1 Å². The average Bonchev–Trinajstić information content (AvgIpc) is 3.19. The van der Waals surface area contributed by atoms with Gasteiger partial charge in [-0.15, -0.1) is 0 Å². The lowest BCUT2D eigenvalue weighted by atomic mass is 9.91. The number of benzene rings is 1. The molecule has 2 N–H and O–H groups in total. The molecule has 6 nitrogen and oxygen atoms in total. The third kappa shape index (κ3) is 6.24. The van der Waals surface area contributed by atoms with Crippen LogP contribution in [-0.2, 0) is 20.7 Å². The molecule has 2 saturated heterocycles. The molecule has 2 amide bonds. The van der Waals surface area contributed by atoms with Crippen molar-refractivity contribution in [3.8, 4) is 5.75 Å². The molecule has 2 heterocycles. The van der Waals surface area contributed by atoms with Crippen LogP contribution in [0.2, 0.25) is 0 Å². The molecule has 1 aromatic rings. The Morgan fingerprint density at radius 2 is 2.04 bits per heavy atom. The number of carbonyl (C=O) groups is 2. The minimum absolute atomic E-state index is 0.105. The SMILES string of the molecule is O=C(CCC1CCN(C(=O)Cc2cccc(O)c2)CC1)NCC1CCCO1. The number of carbonyl (C=O) groups excluding carboxylic acids is 2. The van der Waals surface area contributed by atoms with Gasteiger partial charge in [-0.3, -0.25) is 9.59 Å². The number of nitrogens with zero attached hydrogens (tertiary/aromatic N) is 1. The monoisotopic (exact) mass is 374 g/mol. The van der Waals surface area contributed by atoms with E-state index in [-0.39, 0.29) is 23.7 Å². The van der Waals surface area contributed by atoms with Crippen molar-refractivity contribution in [3.05, 3.63) is 29.8 Å². The summed E-state index contributed by atoms with van der Waals surface area (Å²) in [7, 11) is 0. The maximum atomic E-state index is 12.4. The van der Waals surface area contributed by atoms with Gasteiger partial charge in [0.2, 0.25) is 11.8 Å². The average molecular weight is 374 g/mol. The van der Waals surface area contributed by atoms with Gasteiger partial charge < -0.3 is 20.1 Å². The summed E-state index contributed by atoms with van der Waals surface area (Å²) in [6, 6.07) is 6.87. The molecule has 27 heavy (non-hydrogen) atoms. The molecule has 0 aromatic heterocycles. The third-order valence-corrected chi connectivity index (χ3v) is 5.56. The summed E-state index contributed by atoms with van der Waals surface area (Å²) in [5.74, 6) is 0.904. The molecule has 148 valence electrons. The summed E-state index contributed by atoms with van der Waals surface area (Å²) in [6.07, 6.45) is 5.97. The summed E-state index contributed by atoms with van der Waals surface area (Å²) < 4.78 is 5.52. The quantitative estimate of drug-likeness (QED) is 0.767. The van der Waals surface area contributed by atoms with E-state index in [0.717, 1.165) is 57.4 Å². The van der Waals surface area contributed by atoms with E-state index in [1.165, 1.54) is 0 Å². The predicted molar refractivity (Wildman–Crippen MR) is 102 cm³/mol. The molecule has 0 bridgehead atoms. The van der Waals surface area contributed by atoms with Crippen molar-refractivity contribution < 1.29 is 19.4 Å². The Labute approximate surface area is 160 Å². The van der Waals surface area contributed by atoms with Crippen LogP contribution in [0.3, 0.4) is 0 Å². The van der Waals surface area contributed by atoms with E-state index in [0.29, 0.717) is 25.3 Å². The van der Waals surface area contributed by atoms with E-state index in [1.807, 2.05) is 11.0 Å². The van der Waals surface area contributed by atoms with Crippen molar-refractivity contribution in [1.82, 2.24) is 10.2 Å². The molecule has 0 spiro atoms. The summed E-state index contributed by atoms with van der Waals surface area (Å²) in [6.45, 7) is 2.93. The number of likely N-dealkylation sites (tertiary alicyclic amines) is 1. The predicted octanol–water partition coefficient (Wildman–Crippen LogP) is 2.25. The van der Waals surface area contributed by atoms with E-state index in [4.69, 9.17) is 4.74 Å². The highest BCUT2D eigenvalue weighted by Gasteiger charge is 2.23. The summed E-state index contributed by atoms with van der Waals surface area (Å²) >= 11 is 0. The molecule has 2 aliphatic heterocycles. The number of rotatable bonds is 7. The van der Waals surface area contributed by atoms with Crippen LogP contribution >= 0.6 is 0 Å². The summed E-state index contributed by atoms with van der Waals surface area (Å²) in [5.41, 5.74) is 0.838. The van der Waals surface area contributed by atoms with Crippen LogP contribution in [0.1, 0.15) is 44.1 Å². The zero-order valence-corrected chi connectivity index (χ0v) is 15.9. The second-order valence-electron chi connectivity index (χ2n) is 7.65. The van der Waals surface area contributed by atoms with Crippen LogP contribution < -0.4 is 5.32 Å². The molecule has 0 radical (unpaired) electrons. The van der Waals surface area contributed by atoms with Crippen LogP contribution in [0.5, 0.6) is 5.75 Å². The van der Waals surface area contributed by atoms with Crippen molar-refractivity contribution in [2.24, 2.45) is 5.92 Å². The molecule has 1 unspecified atom stereocenters. The van der Waals surface area contributed by atoms with E-state index in [1.54, 1.807) is 18.2 Å². The third-order valence-electron chi connectivity index (χ3n) is 5.56. The summed E-state index contributed by atoms with van der Waals surface area (Å²) in [5, 5.41) is 12.5. The smallest absolute Gasteiger partial charge is 0.226 e. The van der Waals surface area contributed by atoms with Gasteiger partial charge in [-0.25, -0.2) is 0 Å². The Bertz CT molecular complexity index is 635. The molecule has 0 aliphatic carbocycles. The van der Waals surface area contributed by atoms with Gasteiger partial charge in [-0.05, 0) is 55.7 Å². The normalized spacial score (nSPS) is 20.6. The second-order valence-corrected chi connectivity index (χ2v) is 7.65. The number of phenolic OH excluding ortho intramolecular Hbond substituents is 1. The van der Waals surface area contributed by atoms with Gasteiger partial charge in [0.05, 0.1) is 12.5 Å². The highest BCUT2D eigenvalue weighted by atomic mass is 16.5. The van der Waals surface area contributed by atoms with Crippen molar-refractivity contribution in [2.75, 3.05) is 26.2 Å². The molecule has 0 saturated carbocycles. The van der Waals surface area contributed by atoms with Gasteiger partial charge in [0.25, 0.3) is 0 Å². The zero-order valence-electron chi connectivity index (χ0n) is 15.9. The van der Waals surface area contributed by atoms with Gasteiger partial charge in [0.1, 0.15) is 5.75 Å². The molecular weight excluding hydrogens is 344 g/mol. The number of hydrogen-bond donors (Lipinski definition) is 2. The highest BCUT2D eigenvalue weighted by molar-refractivity contribution is 5.79. The summed E-state index contributed by atoms with van der Waals surface area (Å²) in [4.78, 5) is 26.3. The van der Waals surface area contributed by atoms with Crippen molar-refractivity contribution in [1.29, 1.82) is 0 Å². The first-order chi connectivity index (χ1) is 13.1. The molecule has 1 aromatic carbocycles. The Morgan fingerprint density at radius 3 is 2.74 bits per heavy atom. The molecule has 2 aliphatic rings. The lowest BCUT2D eigenvalue weighted by Gasteiger charge is -2.32. The standard InChI is InChI=1S/C21H30N2O4/c24-18-4-1-3-17(13-18)14-21(26)23-10-8-16(9-11-23)6-7-20(25)22-15-19-5-2-12-27-19/h1,3-4,13,16,19,24H,2,5-12,14-15H2,(H,22,25). The van der Waals surface area contributed by atoms with Crippen molar-refractivity contribution in [3.63, 3.8) is 0 Å². The van der Waals surface area contributed by atoms with Gasteiger partial charge in [-0.2, -0.15) is 0 Å². The van der Waals surface area contributed by atoms with Crippen LogP contribution in [0.25, 0.3) is 0 Å². The first-order valence-electron chi connectivity index (χ1n) is 10.0. The number of aromatic hydroxyl groups is 1. The van der Waals surface area contributed by atoms with Crippen molar-refractivity contribution >= 4 is 11.8 Å². The fourth-order valence-electron chi connectivity index (χ4n) is 3.88. The van der Waals surface area contributed by atoms with Gasteiger partial charge >= 0.3 is 0 Å². The molecular formula is C21H30N2O4. The lowest BCUT2D eigenvalue weighted by molar-refractivity contribution is -0.132. The molecule has 6 heteroatoms. The van der Waals surface area contributed by atoms with Gasteiger partial charge in [0, 0.05) is 32.7 Å². The maximum Gasteiger partial charge on any atom is 0.226 e. The largest absolute Gasteiger partial charge is 0.508 e. The minimum Gasteiger partial charge on any atom is -0.508 e. The fraction of sp³-hybridized carbons (Fsp3) is 0.619. The Hall–Kier alpha value is -2.08. The second kappa shape index (κ2) is 9.74. The molecule has 3 rings (SSSR count). The lowest BCUT2D eigenvalue weighted by Crippen LogP contribution is -2.39. The number of piperidine rings is 1. The van der Waals surface area contributed by atoms with Gasteiger partial charge in [0.15, 0.2) is 0 Å². The fourth-order valence-corrected chi connectivity index (χ4v) is 3.88. The van der Waals surface area contributed by atoms with Crippen LogP contribution in [0.4, 0.5) is 0 Å². The number of nitrogens with one attached hydrogen (secondary N) is 1. The first-order valence-corrected chi connectivity index (χ1v) is 10.0. The topological polar surface area (TPSA) is 78.9 Å². The Kier molecular flexibility index (Phi) is 7.10. The van der Waals surface area contributed by atoms with E-state index in [9.17, 15) is 14.7 Å². The van der Waals surface area contributed by atoms with Crippen molar-refractivity contribution in [2.45, 2.75) is 51.0 Å². The number of phenols is 1. The van der Waals surface area contributed by atoms with E-state index < -0.39 is 0 Å².